The van der Waals surface area contributed by atoms with E-state index in [1.54, 1.807) is 44.2 Å². The zero-order chi connectivity index (χ0) is 45.3. The van der Waals surface area contributed by atoms with Crippen LogP contribution in [-0.2, 0) is 56.8 Å². The van der Waals surface area contributed by atoms with E-state index in [1.165, 1.54) is 24.0 Å². The molecule has 24 heteroatoms. The normalized spacial score (nSPS) is 14.8. The Balaban J connectivity index is 0. The molecule has 0 aromatic heterocycles. The second kappa shape index (κ2) is 32.6. The minimum atomic E-state index is -1.13. The van der Waals surface area contributed by atoms with Gasteiger partial charge in [0.25, 0.3) is 0 Å². The van der Waals surface area contributed by atoms with Crippen molar-refractivity contribution in [2.45, 2.75) is 83.8 Å². The molecule has 0 bridgehead atoms. The van der Waals surface area contributed by atoms with Crippen LogP contribution in [-0.4, -0.2) is 128 Å². The van der Waals surface area contributed by atoms with Crippen LogP contribution in [0.5, 0.6) is 0 Å². The second-order valence-electron chi connectivity index (χ2n) is 14.2. The number of benzene rings is 1. The SMILES string of the molecule is CC(/C=C(/C)[O-])=NCCN=C(C)/C=C(\[O-])CCC(=O)NCC(=O)NCC(=O)NCC(=O)N[C@@H](Cc1ccccc1)C(=O)N1CCC[C@H]1C(=O)N[C@@H](CCCN=C(N)N)C(N)=O.N.[Cl-].[Co+3]. The van der Waals surface area contributed by atoms with Crippen molar-refractivity contribution in [1.82, 2.24) is 37.6 Å². The number of likely N-dealkylation sites (tertiary alicyclic amines) is 1. The molecule has 64 heavy (non-hydrogen) atoms. The number of rotatable bonds is 25. The number of aliphatic imine (C=N–C) groups is 3. The summed E-state index contributed by atoms with van der Waals surface area (Å²) in [5.74, 6) is -5.14. The van der Waals surface area contributed by atoms with Crippen LogP contribution in [0.1, 0.15) is 64.9 Å². The second-order valence-corrected chi connectivity index (χ2v) is 14.2. The van der Waals surface area contributed by atoms with Crippen LogP contribution in [0, 0.1) is 0 Å². The number of guanidine groups is 1. The van der Waals surface area contributed by atoms with Gasteiger partial charge in [-0.25, -0.2) is 0 Å². The average Bonchev–Trinajstić information content (AvgIpc) is 3.70. The van der Waals surface area contributed by atoms with Crippen molar-refractivity contribution in [3.63, 3.8) is 0 Å². The van der Waals surface area contributed by atoms with Gasteiger partial charge in [0, 0.05) is 37.4 Å². The molecule has 22 nitrogen and oxygen atoms in total. The Labute approximate surface area is 389 Å². The maximum atomic E-state index is 13.9. The van der Waals surface area contributed by atoms with Crippen molar-refractivity contribution in [3.8, 4) is 0 Å². The molecule has 7 amide bonds. The van der Waals surface area contributed by atoms with Crippen LogP contribution in [0.25, 0.3) is 0 Å². The number of hydrogen-bond donors (Lipinski definition) is 9. The molecule has 0 spiro atoms. The Hall–Kier alpha value is -6.04. The van der Waals surface area contributed by atoms with E-state index in [4.69, 9.17) is 17.2 Å². The number of halogens is 1. The number of hydrogen-bond acceptors (Lipinski definition) is 13. The van der Waals surface area contributed by atoms with Crippen LogP contribution >= 0.6 is 0 Å². The van der Waals surface area contributed by atoms with E-state index >= 15 is 0 Å². The van der Waals surface area contributed by atoms with Gasteiger partial charge in [0.1, 0.15) is 18.1 Å². The molecule has 1 aliphatic heterocycles. The van der Waals surface area contributed by atoms with Gasteiger partial charge >= 0.3 is 16.8 Å². The van der Waals surface area contributed by atoms with Crippen LogP contribution in [0.2, 0.25) is 0 Å². The van der Waals surface area contributed by atoms with Crippen molar-refractivity contribution in [2.24, 2.45) is 32.2 Å². The molecule has 2 rings (SSSR count). The van der Waals surface area contributed by atoms with Crippen LogP contribution < -0.4 is 72.6 Å². The average molecular weight is 962 g/mol. The summed E-state index contributed by atoms with van der Waals surface area (Å²) < 4.78 is 0. The van der Waals surface area contributed by atoms with Gasteiger partial charge in [-0.2, -0.15) is 0 Å². The zero-order valence-corrected chi connectivity index (χ0v) is 38.1. The van der Waals surface area contributed by atoms with Gasteiger partial charge in [-0.1, -0.05) is 49.4 Å². The van der Waals surface area contributed by atoms with Gasteiger partial charge < -0.3 is 77.5 Å². The summed E-state index contributed by atoms with van der Waals surface area (Å²) in [6.07, 6.45) is 3.79. The number of allylic oxidation sites excluding steroid dienone is 4. The zero-order valence-electron chi connectivity index (χ0n) is 36.3. The van der Waals surface area contributed by atoms with Crippen LogP contribution in [0.3, 0.4) is 0 Å². The third kappa shape index (κ3) is 25.2. The van der Waals surface area contributed by atoms with E-state index in [0.717, 1.165) is 5.56 Å². The number of nitrogens with zero attached hydrogens (tertiary/aromatic N) is 4. The van der Waals surface area contributed by atoms with E-state index in [2.05, 4.69) is 41.6 Å². The minimum absolute atomic E-state index is 0. The summed E-state index contributed by atoms with van der Waals surface area (Å²) in [5.41, 5.74) is 17.9. The third-order valence-electron chi connectivity index (χ3n) is 8.90. The Bertz CT molecular complexity index is 1860. The molecule has 14 N–H and O–H groups in total. The van der Waals surface area contributed by atoms with Gasteiger partial charge in [-0.15, -0.1) is 11.5 Å². The maximum Gasteiger partial charge on any atom is 3.00 e. The summed E-state index contributed by atoms with van der Waals surface area (Å²) in [4.78, 5) is 103. The summed E-state index contributed by atoms with van der Waals surface area (Å²) >= 11 is 0. The van der Waals surface area contributed by atoms with Gasteiger partial charge in [0.2, 0.25) is 41.4 Å². The molecule has 1 aliphatic rings. The molecule has 0 unspecified atom stereocenters. The Kier molecular flexibility index (Phi) is 30.6. The molecular formula is C40H61ClCoN13O9. The fourth-order valence-corrected chi connectivity index (χ4v) is 5.99. The van der Waals surface area contributed by atoms with Crippen molar-refractivity contribution >= 4 is 58.7 Å². The first-order chi connectivity index (χ1) is 28.9. The van der Waals surface area contributed by atoms with Gasteiger partial charge in [-0.05, 0) is 51.5 Å². The van der Waals surface area contributed by atoms with Crippen molar-refractivity contribution in [3.05, 3.63) is 59.6 Å². The summed E-state index contributed by atoms with van der Waals surface area (Å²) in [6.45, 7) is 4.32. The monoisotopic (exact) mass is 961 g/mol. The number of amides is 7. The first kappa shape index (κ1) is 60.0. The molecular weight excluding hydrogens is 901 g/mol. The van der Waals surface area contributed by atoms with Crippen LogP contribution in [0.4, 0.5) is 0 Å². The predicted octanol–water partition coefficient (Wildman–Crippen LogP) is -6.55. The number of primary amides is 1. The Morgan fingerprint density at radius 1 is 0.766 bits per heavy atom. The summed E-state index contributed by atoms with van der Waals surface area (Å²) in [7, 11) is 0. The summed E-state index contributed by atoms with van der Waals surface area (Å²) in [5, 5.41) is 35.6. The van der Waals surface area contributed by atoms with E-state index in [1.807, 2.05) is 0 Å². The number of nitrogens with two attached hydrogens (primary N) is 3. The van der Waals surface area contributed by atoms with Gasteiger partial charge in [0.05, 0.1) is 32.7 Å². The molecule has 1 heterocycles. The molecule has 1 fully saturated rings. The Morgan fingerprint density at radius 3 is 1.89 bits per heavy atom. The molecule has 0 radical (unpaired) electrons. The standard InChI is InChI=1S/C40H60N12O9.ClH.Co.H3N/c1-25(19-27(3)53)44-16-17-45-26(2)20-29(54)13-14-33(55)47-22-34(56)48-23-35(57)49-24-36(58)50-31(21-28-9-5-4-6-10-28)39(61)52-18-8-12-32(52)38(60)51-30(37(41)59)11-7-15-46-40(42)43;;;/h4-6,9-10,19-20,30-32,53-54H,7-8,11-18,21-24H2,1-3H3,(H2,41,59)(H,47,55)(H,48,56)(H,49,57)(H,50,58)(H,51,60)(H4,42,43,46);1H;;1H3/q;;+3;/p-3/b27-19-,29-20-,44-25?,45-26?;;;/t30-,31-,32-;;;/m0.../s1. The third-order valence-corrected chi connectivity index (χ3v) is 8.90. The van der Waals surface area contributed by atoms with Crippen molar-refractivity contribution in [1.29, 1.82) is 0 Å². The number of carbonyl (C=O) groups is 7. The maximum absolute atomic E-state index is 13.9. The molecule has 356 valence electrons. The largest absolute Gasteiger partial charge is 3.00 e. The minimum Gasteiger partial charge on any atom is -1.00 e. The number of nitrogens with one attached hydrogen (secondary N) is 5. The molecule has 1 saturated heterocycles. The molecule has 3 atom stereocenters. The summed E-state index contributed by atoms with van der Waals surface area (Å²) in [6, 6.07) is 5.77. The predicted molar refractivity (Wildman–Crippen MR) is 229 cm³/mol. The number of carbonyl (C=O) groups excluding carboxylic acids is 7. The molecule has 1 aromatic carbocycles. The van der Waals surface area contributed by atoms with Crippen LogP contribution in [0.15, 0.2) is 69.0 Å². The van der Waals surface area contributed by atoms with E-state index in [9.17, 15) is 43.8 Å². The van der Waals surface area contributed by atoms with Crippen molar-refractivity contribution in [2.75, 3.05) is 45.8 Å². The van der Waals surface area contributed by atoms with Gasteiger partial charge in [0.15, 0.2) is 5.96 Å². The van der Waals surface area contributed by atoms with Gasteiger partial charge in [-0.3, -0.25) is 48.5 Å². The Morgan fingerprint density at radius 2 is 1.33 bits per heavy atom. The van der Waals surface area contributed by atoms with E-state index in [-0.39, 0.29) is 91.6 Å². The first-order valence-corrected chi connectivity index (χ1v) is 19.8. The molecule has 0 saturated carbocycles. The topological polar surface area (TPSA) is 379 Å². The fourth-order valence-electron chi connectivity index (χ4n) is 5.99. The van der Waals surface area contributed by atoms with E-state index < -0.39 is 79.1 Å². The smallest absolute Gasteiger partial charge is 1.00 e. The molecule has 1 aromatic rings. The van der Waals surface area contributed by atoms with E-state index in [0.29, 0.717) is 43.8 Å². The first-order valence-electron chi connectivity index (χ1n) is 19.8. The van der Waals surface area contributed by atoms with Crippen molar-refractivity contribution < 1.29 is 73.0 Å². The fraction of sp³-hybridized carbons (Fsp3) is 0.500. The molecule has 0 aliphatic carbocycles. The quantitative estimate of drug-likeness (QED) is 0.0191.